The van der Waals surface area contributed by atoms with Crippen LogP contribution < -0.4 is 5.32 Å². The number of amides is 1. The van der Waals surface area contributed by atoms with Gasteiger partial charge in [0.2, 0.25) is 5.91 Å². The van der Waals surface area contributed by atoms with Gasteiger partial charge in [-0.25, -0.2) is 8.78 Å². The average molecular weight is 475 g/mol. The summed E-state index contributed by atoms with van der Waals surface area (Å²) < 4.78 is 29.1. The van der Waals surface area contributed by atoms with Crippen molar-refractivity contribution >= 4 is 46.4 Å². The molecule has 1 saturated carbocycles. The smallest absolute Gasteiger partial charge is 0.283 e. The number of carbonyl (C=O) groups is 1. The van der Waals surface area contributed by atoms with Crippen molar-refractivity contribution in [3.05, 3.63) is 62.6 Å². The highest BCUT2D eigenvalue weighted by Crippen LogP contribution is 2.45. The highest BCUT2D eigenvalue weighted by molar-refractivity contribution is 6.36. The molecule has 2 heterocycles. The van der Waals surface area contributed by atoms with Gasteiger partial charge in [-0.1, -0.05) is 40.9 Å². The summed E-state index contributed by atoms with van der Waals surface area (Å²) >= 11 is 18.4. The molecule has 0 unspecified atom stereocenters. The molecule has 0 bridgehead atoms. The number of nitrogens with one attached hydrogen (secondary N) is 1. The van der Waals surface area contributed by atoms with E-state index in [0.717, 1.165) is 12.8 Å². The maximum Gasteiger partial charge on any atom is 0.283 e. The van der Waals surface area contributed by atoms with Crippen LogP contribution in [0.3, 0.4) is 0 Å². The third-order valence-corrected chi connectivity index (χ3v) is 5.81. The number of aromatic nitrogens is 4. The lowest BCUT2D eigenvalue weighted by Gasteiger charge is -2.08. The molecule has 1 fully saturated rings. The normalized spacial score (nSPS) is 13.8. The van der Waals surface area contributed by atoms with Gasteiger partial charge in [-0.05, 0) is 25.0 Å². The highest BCUT2D eigenvalue weighted by Gasteiger charge is 2.34. The van der Waals surface area contributed by atoms with Crippen molar-refractivity contribution < 1.29 is 13.6 Å². The standard InChI is InChI=1S/C19H16Cl3F2N5O/c20-13-2-1-3-14(21)12(13)8-28-7-11(6-25-28)26-15(30)9-29-18(10-4-5-10)16(22)17(27-29)19(23)24/h1-3,6-7,10,19H,4-5,8-9H2,(H,26,30). The van der Waals surface area contributed by atoms with Gasteiger partial charge in [0.05, 0.1) is 29.1 Å². The van der Waals surface area contributed by atoms with Crippen molar-refractivity contribution in [1.29, 1.82) is 0 Å². The van der Waals surface area contributed by atoms with Gasteiger partial charge in [0.1, 0.15) is 12.2 Å². The molecular formula is C19H16Cl3F2N5O. The lowest BCUT2D eigenvalue weighted by Crippen LogP contribution is -2.20. The maximum atomic E-state index is 13.1. The van der Waals surface area contributed by atoms with Crippen LogP contribution in [-0.2, 0) is 17.9 Å². The number of alkyl halides is 2. The molecule has 1 aliphatic carbocycles. The summed E-state index contributed by atoms with van der Waals surface area (Å²) in [4.78, 5) is 12.5. The van der Waals surface area contributed by atoms with E-state index in [1.807, 2.05) is 0 Å². The average Bonchev–Trinajstić information content (AvgIpc) is 3.33. The fraction of sp³-hybridized carbons (Fsp3) is 0.316. The maximum absolute atomic E-state index is 13.1. The summed E-state index contributed by atoms with van der Waals surface area (Å²) in [6.45, 7) is 0.104. The van der Waals surface area contributed by atoms with Gasteiger partial charge in [-0.2, -0.15) is 10.2 Å². The Morgan fingerprint density at radius 1 is 1.23 bits per heavy atom. The second kappa shape index (κ2) is 8.53. The summed E-state index contributed by atoms with van der Waals surface area (Å²) in [5.41, 5.74) is 1.16. The second-order valence-electron chi connectivity index (χ2n) is 6.99. The van der Waals surface area contributed by atoms with Crippen LogP contribution in [0.4, 0.5) is 14.5 Å². The van der Waals surface area contributed by atoms with E-state index >= 15 is 0 Å². The molecule has 0 aliphatic heterocycles. The first-order chi connectivity index (χ1) is 14.3. The van der Waals surface area contributed by atoms with Crippen molar-refractivity contribution in [3.8, 4) is 0 Å². The van der Waals surface area contributed by atoms with Crippen LogP contribution >= 0.6 is 34.8 Å². The Morgan fingerprint density at radius 2 is 1.93 bits per heavy atom. The lowest BCUT2D eigenvalue weighted by molar-refractivity contribution is -0.117. The Hall–Kier alpha value is -2.16. The van der Waals surface area contributed by atoms with Gasteiger partial charge in [-0.3, -0.25) is 14.2 Å². The first-order valence-corrected chi connectivity index (χ1v) is 10.3. The molecule has 0 radical (unpaired) electrons. The van der Waals surface area contributed by atoms with Gasteiger partial charge in [0, 0.05) is 27.7 Å². The van der Waals surface area contributed by atoms with E-state index < -0.39 is 18.0 Å². The molecule has 1 aliphatic rings. The van der Waals surface area contributed by atoms with E-state index in [1.54, 1.807) is 29.1 Å². The largest absolute Gasteiger partial charge is 0.322 e. The number of benzene rings is 1. The van der Waals surface area contributed by atoms with E-state index in [-0.39, 0.29) is 17.5 Å². The minimum absolute atomic E-state index is 0.0512. The molecule has 158 valence electrons. The van der Waals surface area contributed by atoms with E-state index in [1.165, 1.54) is 10.9 Å². The summed E-state index contributed by atoms with van der Waals surface area (Å²) in [5, 5.41) is 11.7. The number of anilines is 1. The van der Waals surface area contributed by atoms with Crippen molar-refractivity contribution in [3.63, 3.8) is 0 Å². The zero-order valence-corrected chi connectivity index (χ0v) is 17.7. The van der Waals surface area contributed by atoms with Gasteiger partial charge in [-0.15, -0.1) is 0 Å². The third kappa shape index (κ3) is 4.45. The van der Waals surface area contributed by atoms with Gasteiger partial charge in [0.15, 0.2) is 0 Å². The molecule has 1 N–H and O–H groups in total. The van der Waals surface area contributed by atoms with Gasteiger partial charge < -0.3 is 5.32 Å². The molecule has 0 spiro atoms. The van der Waals surface area contributed by atoms with Crippen LogP contribution in [0.1, 0.15) is 42.1 Å². The van der Waals surface area contributed by atoms with E-state index in [2.05, 4.69) is 15.5 Å². The number of nitrogens with zero attached hydrogens (tertiary/aromatic N) is 4. The first kappa shape index (κ1) is 21.1. The fourth-order valence-electron chi connectivity index (χ4n) is 3.18. The zero-order chi connectivity index (χ0) is 21.4. The van der Waals surface area contributed by atoms with Crippen LogP contribution in [-0.4, -0.2) is 25.5 Å². The van der Waals surface area contributed by atoms with Crippen LogP contribution in [0.2, 0.25) is 15.1 Å². The summed E-state index contributed by atoms with van der Waals surface area (Å²) in [7, 11) is 0. The second-order valence-corrected chi connectivity index (χ2v) is 8.18. The Balaban J connectivity index is 1.45. The Kier molecular flexibility index (Phi) is 5.99. The molecule has 2 aromatic heterocycles. The number of hydrogen-bond acceptors (Lipinski definition) is 3. The summed E-state index contributed by atoms with van der Waals surface area (Å²) in [6.07, 6.45) is 1.99. The predicted octanol–water partition coefficient (Wildman–Crippen LogP) is 5.54. The summed E-state index contributed by atoms with van der Waals surface area (Å²) in [6, 6.07) is 5.21. The summed E-state index contributed by atoms with van der Waals surface area (Å²) in [5.74, 6) is -0.361. The minimum Gasteiger partial charge on any atom is -0.322 e. The molecule has 6 nitrogen and oxygen atoms in total. The van der Waals surface area contributed by atoms with Crippen LogP contribution in [0.15, 0.2) is 30.6 Å². The Bertz CT molecular complexity index is 1070. The topological polar surface area (TPSA) is 64.7 Å². The minimum atomic E-state index is -2.80. The Morgan fingerprint density at radius 3 is 2.57 bits per heavy atom. The third-order valence-electron chi connectivity index (χ3n) is 4.72. The highest BCUT2D eigenvalue weighted by atomic mass is 35.5. The molecule has 0 atom stereocenters. The number of halogens is 5. The van der Waals surface area contributed by atoms with Crippen LogP contribution in [0.25, 0.3) is 0 Å². The van der Waals surface area contributed by atoms with E-state index in [9.17, 15) is 13.6 Å². The van der Waals surface area contributed by atoms with Crippen molar-refractivity contribution in [2.45, 2.75) is 38.3 Å². The van der Waals surface area contributed by atoms with Gasteiger partial charge in [0.25, 0.3) is 6.43 Å². The first-order valence-electron chi connectivity index (χ1n) is 9.13. The zero-order valence-electron chi connectivity index (χ0n) is 15.5. The molecule has 30 heavy (non-hydrogen) atoms. The fourth-order valence-corrected chi connectivity index (χ4v) is 4.06. The van der Waals surface area contributed by atoms with Crippen LogP contribution in [0.5, 0.6) is 0 Å². The quantitative estimate of drug-likeness (QED) is 0.489. The lowest BCUT2D eigenvalue weighted by atomic mass is 10.2. The molecule has 11 heteroatoms. The Labute approximate surface area is 185 Å². The van der Waals surface area contributed by atoms with E-state index in [4.69, 9.17) is 34.8 Å². The predicted molar refractivity (Wildman–Crippen MR) is 111 cm³/mol. The van der Waals surface area contributed by atoms with Crippen molar-refractivity contribution in [2.24, 2.45) is 0 Å². The van der Waals surface area contributed by atoms with Crippen molar-refractivity contribution in [1.82, 2.24) is 19.6 Å². The van der Waals surface area contributed by atoms with Crippen molar-refractivity contribution in [2.75, 3.05) is 5.32 Å². The molecule has 3 aromatic rings. The van der Waals surface area contributed by atoms with Gasteiger partial charge >= 0.3 is 0 Å². The SMILES string of the molecule is O=C(Cn1nc(C(F)F)c(Cl)c1C1CC1)Nc1cnn(Cc2c(Cl)cccc2Cl)c1. The molecule has 4 rings (SSSR count). The number of rotatable bonds is 7. The monoisotopic (exact) mass is 473 g/mol. The molecular weight excluding hydrogens is 459 g/mol. The van der Waals surface area contributed by atoms with E-state index in [0.29, 0.717) is 33.5 Å². The van der Waals surface area contributed by atoms with Crippen LogP contribution in [0, 0.1) is 0 Å². The molecule has 1 aromatic carbocycles. The number of hydrogen-bond donors (Lipinski definition) is 1. The number of carbonyl (C=O) groups excluding carboxylic acids is 1. The molecule has 0 saturated heterocycles. The molecule has 1 amide bonds.